The number of benzene rings is 1. The van der Waals surface area contributed by atoms with Crippen molar-refractivity contribution in [1.82, 2.24) is 9.47 Å². The number of pyridine rings is 1. The Hall–Kier alpha value is -1.68. The minimum absolute atomic E-state index is 0.203. The topological polar surface area (TPSA) is 25.2 Å². The van der Waals surface area contributed by atoms with Crippen molar-refractivity contribution in [2.75, 3.05) is 13.1 Å². The van der Waals surface area contributed by atoms with Gasteiger partial charge in [-0.15, -0.1) is 0 Å². The highest BCUT2D eigenvalue weighted by Crippen LogP contribution is 2.20. The number of nitrogens with zero attached hydrogens (tertiary/aromatic N) is 2. The number of rotatable bonds is 3. The third-order valence-corrected chi connectivity index (χ3v) is 4.59. The Bertz CT molecular complexity index is 723. The zero-order valence-corrected chi connectivity index (χ0v) is 12.6. The van der Waals surface area contributed by atoms with Crippen molar-refractivity contribution in [3.8, 4) is 0 Å². The fraction of sp³-hybridized carbons (Fsp3) is 0.471. The fourth-order valence-corrected chi connectivity index (χ4v) is 3.44. The van der Waals surface area contributed by atoms with Gasteiger partial charge in [-0.3, -0.25) is 9.69 Å². The Morgan fingerprint density at radius 3 is 2.95 bits per heavy atom. The zero-order chi connectivity index (χ0) is 15.0. The third kappa shape index (κ3) is 2.48. The Kier molecular flexibility index (Phi) is 3.81. The van der Waals surface area contributed by atoms with E-state index >= 15 is 0 Å². The normalized spacial score (nSPS) is 19.5. The van der Waals surface area contributed by atoms with Crippen LogP contribution in [0.4, 0.5) is 4.39 Å². The highest BCUT2D eigenvalue weighted by atomic mass is 19.1. The maximum Gasteiger partial charge on any atom is 0.261 e. The summed E-state index contributed by atoms with van der Waals surface area (Å²) in [6, 6.07) is 7.10. The van der Waals surface area contributed by atoms with E-state index in [1.807, 2.05) is 13.0 Å². The minimum atomic E-state index is -0.426. The first-order valence-corrected chi connectivity index (χ1v) is 7.64. The molecule has 0 saturated carbocycles. The van der Waals surface area contributed by atoms with Crippen molar-refractivity contribution in [3.63, 3.8) is 0 Å². The Labute approximate surface area is 124 Å². The summed E-state index contributed by atoms with van der Waals surface area (Å²) in [4.78, 5) is 15.1. The van der Waals surface area contributed by atoms with E-state index in [0.717, 1.165) is 25.2 Å². The zero-order valence-electron chi connectivity index (χ0n) is 12.6. The minimum Gasteiger partial charge on any atom is -0.311 e. The van der Waals surface area contributed by atoms with E-state index in [1.54, 1.807) is 16.7 Å². The second-order valence-electron chi connectivity index (χ2n) is 5.83. The highest BCUT2D eigenvalue weighted by Gasteiger charge is 2.24. The number of halogens is 1. The summed E-state index contributed by atoms with van der Waals surface area (Å²) in [5, 5.41) is 0.900. The molecule has 1 saturated heterocycles. The number of likely N-dealkylation sites (tertiary alicyclic amines) is 1. The molecule has 0 N–H and O–H groups in total. The van der Waals surface area contributed by atoms with E-state index in [0.29, 0.717) is 18.0 Å². The summed E-state index contributed by atoms with van der Waals surface area (Å²) in [6.07, 6.45) is 2.28. The van der Waals surface area contributed by atoms with Crippen LogP contribution in [0.5, 0.6) is 0 Å². The lowest BCUT2D eigenvalue weighted by atomic mass is 10.1. The number of aryl methyl sites for hydroxylation is 1. The highest BCUT2D eigenvalue weighted by molar-refractivity contribution is 5.82. The van der Waals surface area contributed by atoms with Crippen LogP contribution in [0.25, 0.3) is 10.8 Å². The van der Waals surface area contributed by atoms with Crippen molar-refractivity contribution in [2.45, 2.75) is 39.3 Å². The van der Waals surface area contributed by atoms with Crippen LogP contribution in [0.1, 0.15) is 25.5 Å². The van der Waals surface area contributed by atoms with Crippen molar-refractivity contribution >= 4 is 10.8 Å². The van der Waals surface area contributed by atoms with Gasteiger partial charge in [0.2, 0.25) is 0 Å². The quantitative estimate of drug-likeness (QED) is 0.867. The van der Waals surface area contributed by atoms with Gasteiger partial charge in [0.15, 0.2) is 0 Å². The van der Waals surface area contributed by atoms with Crippen LogP contribution < -0.4 is 5.56 Å². The summed E-state index contributed by atoms with van der Waals surface area (Å²) >= 11 is 0. The number of likely N-dealkylation sites (N-methyl/N-ethyl adjacent to an activating group) is 1. The number of hydrogen-bond acceptors (Lipinski definition) is 2. The lowest BCUT2D eigenvalue weighted by Gasteiger charge is -2.24. The smallest absolute Gasteiger partial charge is 0.261 e. The van der Waals surface area contributed by atoms with Crippen molar-refractivity contribution in [3.05, 3.63) is 46.1 Å². The second kappa shape index (κ2) is 5.60. The average molecular weight is 288 g/mol. The standard InChI is InChI=1S/C17H21FN2O/c1-3-19-9-5-7-14(19)11-20-12(2)10-13-6-4-8-15(18)16(13)17(20)21/h4,6,8,10,14H,3,5,7,9,11H2,1-2H3/t14-/m0/s1. The second-order valence-corrected chi connectivity index (χ2v) is 5.83. The summed E-state index contributed by atoms with van der Waals surface area (Å²) in [7, 11) is 0. The van der Waals surface area contributed by atoms with Gasteiger partial charge in [-0.1, -0.05) is 19.1 Å². The van der Waals surface area contributed by atoms with Gasteiger partial charge in [0.05, 0.1) is 5.39 Å². The Balaban J connectivity index is 2.06. The third-order valence-electron chi connectivity index (χ3n) is 4.59. The molecule has 0 unspecified atom stereocenters. The van der Waals surface area contributed by atoms with Crippen molar-refractivity contribution in [1.29, 1.82) is 0 Å². The predicted octanol–water partition coefficient (Wildman–Crippen LogP) is 2.93. The molecule has 112 valence electrons. The molecule has 1 aliphatic rings. The van der Waals surface area contributed by atoms with E-state index in [1.165, 1.54) is 12.5 Å². The number of hydrogen-bond donors (Lipinski definition) is 0. The Morgan fingerprint density at radius 1 is 1.38 bits per heavy atom. The molecule has 0 bridgehead atoms. The first-order valence-electron chi connectivity index (χ1n) is 7.64. The molecule has 0 spiro atoms. The molecule has 3 nitrogen and oxygen atoms in total. The van der Waals surface area contributed by atoms with Gasteiger partial charge in [-0.05, 0) is 50.4 Å². The molecule has 1 aliphatic heterocycles. The largest absolute Gasteiger partial charge is 0.311 e. The van der Waals surface area contributed by atoms with Crippen LogP contribution in [0.3, 0.4) is 0 Å². The lowest BCUT2D eigenvalue weighted by molar-refractivity contribution is 0.242. The molecular weight excluding hydrogens is 267 g/mol. The van der Waals surface area contributed by atoms with Crippen LogP contribution in [0, 0.1) is 12.7 Å². The first kappa shape index (κ1) is 14.3. The molecule has 1 aromatic carbocycles. The van der Waals surface area contributed by atoms with Crippen LogP contribution in [0.15, 0.2) is 29.1 Å². The van der Waals surface area contributed by atoms with E-state index in [2.05, 4.69) is 11.8 Å². The van der Waals surface area contributed by atoms with E-state index in [9.17, 15) is 9.18 Å². The van der Waals surface area contributed by atoms with E-state index < -0.39 is 5.82 Å². The summed E-state index contributed by atoms with van der Waals surface area (Å²) < 4.78 is 15.7. The fourth-order valence-electron chi connectivity index (χ4n) is 3.44. The first-order chi connectivity index (χ1) is 10.1. The van der Waals surface area contributed by atoms with Crippen molar-refractivity contribution in [2.24, 2.45) is 0 Å². The Morgan fingerprint density at radius 2 is 2.19 bits per heavy atom. The summed E-state index contributed by atoms with van der Waals surface area (Å²) in [5.74, 6) is -0.426. The SMILES string of the molecule is CCN1CCC[C@H]1Cn1c(C)cc2cccc(F)c2c1=O. The van der Waals surface area contributed by atoms with E-state index in [-0.39, 0.29) is 10.9 Å². The van der Waals surface area contributed by atoms with Crippen LogP contribution in [-0.4, -0.2) is 28.6 Å². The van der Waals surface area contributed by atoms with Gasteiger partial charge in [0, 0.05) is 18.3 Å². The van der Waals surface area contributed by atoms with Gasteiger partial charge in [-0.2, -0.15) is 0 Å². The maximum absolute atomic E-state index is 14.0. The molecule has 0 amide bonds. The van der Waals surface area contributed by atoms with Gasteiger partial charge in [-0.25, -0.2) is 4.39 Å². The van der Waals surface area contributed by atoms with Gasteiger partial charge in [0.25, 0.3) is 5.56 Å². The number of fused-ring (bicyclic) bond motifs is 1. The van der Waals surface area contributed by atoms with Gasteiger partial charge < -0.3 is 4.57 Å². The molecule has 3 rings (SSSR count). The summed E-state index contributed by atoms with van der Waals surface area (Å²) in [6.45, 7) is 6.82. The molecule has 1 atom stereocenters. The monoisotopic (exact) mass is 288 g/mol. The molecule has 2 aromatic rings. The summed E-state index contributed by atoms with van der Waals surface area (Å²) in [5.41, 5.74) is 0.701. The molecule has 0 radical (unpaired) electrons. The van der Waals surface area contributed by atoms with Crippen molar-refractivity contribution < 1.29 is 4.39 Å². The van der Waals surface area contributed by atoms with Crippen LogP contribution in [-0.2, 0) is 6.54 Å². The van der Waals surface area contributed by atoms with Crippen LogP contribution in [0.2, 0.25) is 0 Å². The molecule has 4 heteroatoms. The molecule has 21 heavy (non-hydrogen) atoms. The lowest BCUT2D eigenvalue weighted by Crippen LogP contribution is -2.36. The molecule has 1 fully saturated rings. The molecule has 1 aromatic heterocycles. The molecular formula is C17H21FN2O. The van der Waals surface area contributed by atoms with E-state index in [4.69, 9.17) is 0 Å². The average Bonchev–Trinajstić information content (AvgIpc) is 2.90. The number of aromatic nitrogens is 1. The predicted molar refractivity (Wildman–Crippen MR) is 83.2 cm³/mol. The molecule has 0 aliphatic carbocycles. The maximum atomic E-state index is 14.0. The van der Waals surface area contributed by atoms with Gasteiger partial charge in [0.1, 0.15) is 5.82 Å². The van der Waals surface area contributed by atoms with Crippen LogP contribution >= 0.6 is 0 Å². The van der Waals surface area contributed by atoms with Gasteiger partial charge >= 0.3 is 0 Å². The molecule has 2 heterocycles.